The molecular weight excluding hydrogens is 162 g/mol. The molecular formula is C7H9NO2S. The first-order valence-corrected chi connectivity index (χ1v) is 3.70. The molecule has 0 bridgehead atoms. The number of hydrogen-bond donors (Lipinski definition) is 3. The molecule has 4 heteroatoms. The summed E-state index contributed by atoms with van der Waals surface area (Å²) in [5.74, 6) is -0.158. The fourth-order valence-corrected chi connectivity index (χ4v) is 1.25. The van der Waals surface area contributed by atoms with Crippen molar-refractivity contribution < 1.29 is 10.2 Å². The highest BCUT2D eigenvalue weighted by Crippen LogP contribution is 2.26. The lowest BCUT2D eigenvalue weighted by Crippen LogP contribution is -1.88. The molecule has 11 heavy (non-hydrogen) atoms. The molecule has 0 unspecified atom stereocenters. The number of hydrogen-bond acceptors (Lipinski definition) is 4. The Kier molecular flexibility index (Phi) is 2.24. The van der Waals surface area contributed by atoms with Crippen LogP contribution in [0.1, 0.15) is 12.5 Å². The minimum atomic E-state index is -0.204. The van der Waals surface area contributed by atoms with E-state index in [4.69, 9.17) is 5.11 Å². The molecule has 0 saturated heterocycles. The van der Waals surface area contributed by atoms with Crippen molar-refractivity contribution in [3.8, 4) is 11.6 Å². The predicted molar refractivity (Wildman–Crippen MR) is 44.2 cm³/mol. The van der Waals surface area contributed by atoms with E-state index in [0.717, 1.165) is 0 Å². The molecule has 0 spiro atoms. The average molecular weight is 171 g/mol. The first-order valence-electron chi connectivity index (χ1n) is 3.26. The maximum Gasteiger partial charge on any atom is 0.215 e. The molecule has 0 aliphatic heterocycles. The fraction of sp³-hybridized carbons (Fsp3) is 0.286. The molecule has 60 valence electrons. The van der Waals surface area contributed by atoms with Gasteiger partial charge >= 0.3 is 0 Å². The van der Waals surface area contributed by atoms with E-state index in [1.807, 2.05) is 6.92 Å². The monoisotopic (exact) mass is 171 g/mol. The predicted octanol–water partition coefficient (Wildman–Crippen LogP) is 1.34. The Labute approximate surface area is 70.1 Å². The molecule has 0 atom stereocenters. The van der Waals surface area contributed by atoms with Gasteiger partial charge in [0.15, 0.2) is 0 Å². The average Bonchev–Trinajstić information content (AvgIpc) is 1.85. The minimum Gasteiger partial charge on any atom is -0.507 e. The number of nitrogens with zero attached hydrogens (tertiary/aromatic N) is 1. The van der Waals surface area contributed by atoms with E-state index in [1.165, 1.54) is 6.07 Å². The molecule has 2 N–H and O–H groups in total. The van der Waals surface area contributed by atoms with E-state index in [1.54, 1.807) is 0 Å². The third kappa shape index (κ3) is 1.57. The van der Waals surface area contributed by atoms with Gasteiger partial charge in [-0.15, -0.1) is 12.6 Å². The van der Waals surface area contributed by atoms with Crippen LogP contribution in [0.2, 0.25) is 0 Å². The molecule has 1 rings (SSSR count). The molecule has 1 aromatic rings. The van der Waals surface area contributed by atoms with E-state index < -0.39 is 0 Å². The van der Waals surface area contributed by atoms with Crippen LogP contribution in [0.3, 0.4) is 0 Å². The molecule has 0 aliphatic rings. The van der Waals surface area contributed by atoms with Gasteiger partial charge in [-0.05, 0) is 6.42 Å². The second-order valence-electron chi connectivity index (χ2n) is 2.16. The van der Waals surface area contributed by atoms with Crippen molar-refractivity contribution in [3.63, 3.8) is 0 Å². The van der Waals surface area contributed by atoms with Crippen molar-refractivity contribution in [2.45, 2.75) is 18.4 Å². The summed E-state index contributed by atoms with van der Waals surface area (Å²) in [6.45, 7) is 1.88. The Balaban J connectivity index is 3.25. The van der Waals surface area contributed by atoms with Crippen LogP contribution in [0.4, 0.5) is 0 Å². The third-order valence-electron chi connectivity index (χ3n) is 1.42. The van der Waals surface area contributed by atoms with Gasteiger partial charge in [0.2, 0.25) is 5.88 Å². The largest absolute Gasteiger partial charge is 0.507 e. The molecule has 0 aromatic carbocycles. The topological polar surface area (TPSA) is 53.4 Å². The van der Waals surface area contributed by atoms with E-state index in [0.29, 0.717) is 17.0 Å². The Morgan fingerprint density at radius 3 is 2.64 bits per heavy atom. The van der Waals surface area contributed by atoms with Crippen LogP contribution in [-0.2, 0) is 6.42 Å². The van der Waals surface area contributed by atoms with Gasteiger partial charge in [0.25, 0.3) is 0 Å². The van der Waals surface area contributed by atoms with Crippen LogP contribution in [0.25, 0.3) is 0 Å². The first-order chi connectivity index (χ1) is 5.15. The van der Waals surface area contributed by atoms with Gasteiger partial charge in [-0.2, -0.15) is 0 Å². The molecule has 0 radical (unpaired) electrons. The molecule has 3 nitrogen and oxygen atoms in total. The zero-order valence-electron chi connectivity index (χ0n) is 6.07. The van der Waals surface area contributed by atoms with Crippen LogP contribution < -0.4 is 0 Å². The number of aromatic hydroxyl groups is 2. The van der Waals surface area contributed by atoms with Crippen molar-refractivity contribution >= 4 is 12.6 Å². The van der Waals surface area contributed by atoms with Crippen LogP contribution in [0.15, 0.2) is 11.1 Å². The second kappa shape index (κ2) is 3.00. The second-order valence-corrected chi connectivity index (χ2v) is 2.58. The summed E-state index contributed by atoms with van der Waals surface area (Å²) >= 11 is 3.99. The Morgan fingerprint density at radius 1 is 1.55 bits per heavy atom. The van der Waals surface area contributed by atoms with E-state index in [-0.39, 0.29) is 11.6 Å². The highest BCUT2D eigenvalue weighted by atomic mass is 32.1. The van der Waals surface area contributed by atoms with Crippen molar-refractivity contribution in [2.75, 3.05) is 0 Å². The van der Waals surface area contributed by atoms with Crippen LogP contribution in [0, 0.1) is 0 Å². The normalized spacial score (nSPS) is 10.0. The lowest BCUT2D eigenvalue weighted by molar-refractivity contribution is 0.425. The van der Waals surface area contributed by atoms with E-state index >= 15 is 0 Å². The summed E-state index contributed by atoms with van der Waals surface area (Å²) in [5, 5.41) is 18.5. The quantitative estimate of drug-likeness (QED) is 0.559. The Morgan fingerprint density at radius 2 is 2.18 bits per heavy atom. The fourth-order valence-electron chi connectivity index (χ4n) is 0.871. The summed E-state index contributed by atoms with van der Waals surface area (Å²) in [7, 11) is 0. The SMILES string of the molecule is CCc1c(O)cc(O)nc1S. The summed E-state index contributed by atoms with van der Waals surface area (Å²) in [6.07, 6.45) is 0.651. The maximum absolute atomic E-state index is 9.22. The molecule has 1 aromatic heterocycles. The highest BCUT2D eigenvalue weighted by Gasteiger charge is 2.06. The molecule has 0 fully saturated rings. The Bertz CT molecular complexity index is 252. The number of thiol groups is 1. The van der Waals surface area contributed by atoms with Crippen LogP contribution in [-0.4, -0.2) is 15.2 Å². The van der Waals surface area contributed by atoms with E-state index in [2.05, 4.69) is 17.6 Å². The zero-order valence-corrected chi connectivity index (χ0v) is 6.97. The van der Waals surface area contributed by atoms with Gasteiger partial charge in [0.1, 0.15) is 10.8 Å². The maximum atomic E-state index is 9.22. The lowest BCUT2D eigenvalue weighted by atomic mass is 10.2. The highest BCUT2D eigenvalue weighted by molar-refractivity contribution is 7.80. The molecule has 0 aliphatic carbocycles. The van der Waals surface area contributed by atoms with Crippen LogP contribution in [0.5, 0.6) is 11.6 Å². The third-order valence-corrected chi connectivity index (χ3v) is 1.79. The first kappa shape index (κ1) is 8.20. The van der Waals surface area contributed by atoms with Crippen molar-refractivity contribution in [1.29, 1.82) is 0 Å². The summed E-state index contributed by atoms with van der Waals surface area (Å²) in [6, 6.07) is 1.21. The van der Waals surface area contributed by atoms with Crippen molar-refractivity contribution in [3.05, 3.63) is 11.6 Å². The summed E-state index contributed by atoms with van der Waals surface area (Å²) in [4.78, 5) is 3.66. The Hall–Kier alpha value is -0.900. The smallest absolute Gasteiger partial charge is 0.215 e. The molecule has 0 saturated carbocycles. The van der Waals surface area contributed by atoms with Gasteiger partial charge in [0, 0.05) is 11.6 Å². The van der Waals surface area contributed by atoms with Gasteiger partial charge in [0.05, 0.1) is 0 Å². The number of rotatable bonds is 1. The van der Waals surface area contributed by atoms with Crippen molar-refractivity contribution in [1.82, 2.24) is 4.98 Å². The van der Waals surface area contributed by atoms with Gasteiger partial charge in [-0.25, -0.2) is 4.98 Å². The lowest BCUT2D eigenvalue weighted by Gasteiger charge is -2.03. The summed E-state index contributed by atoms with van der Waals surface area (Å²) < 4.78 is 0. The van der Waals surface area contributed by atoms with Gasteiger partial charge in [-0.1, -0.05) is 6.92 Å². The minimum absolute atomic E-state index is 0.0463. The summed E-state index contributed by atoms with van der Waals surface area (Å²) in [5.41, 5.74) is 0.658. The number of aromatic nitrogens is 1. The van der Waals surface area contributed by atoms with Gasteiger partial charge < -0.3 is 10.2 Å². The molecule has 1 heterocycles. The molecule has 0 amide bonds. The van der Waals surface area contributed by atoms with E-state index in [9.17, 15) is 5.11 Å². The zero-order chi connectivity index (χ0) is 8.43. The number of pyridine rings is 1. The van der Waals surface area contributed by atoms with Crippen molar-refractivity contribution in [2.24, 2.45) is 0 Å². The standard InChI is InChI=1S/C7H9NO2S/c1-2-4-5(9)3-6(10)8-7(4)11/h3H,2H2,1H3,(H3,8,9,10,11). The van der Waals surface area contributed by atoms with Crippen LogP contribution >= 0.6 is 12.6 Å². The van der Waals surface area contributed by atoms with Gasteiger partial charge in [-0.3, -0.25) is 0 Å².